The molecule has 0 aliphatic rings. The molecule has 1 aromatic carbocycles. The fourth-order valence-electron chi connectivity index (χ4n) is 2.06. The largest absolute Gasteiger partial charge is 0.263 e. The van der Waals surface area contributed by atoms with Crippen LogP contribution in [0.3, 0.4) is 0 Å². The first-order valence-corrected chi connectivity index (χ1v) is 6.19. The van der Waals surface area contributed by atoms with E-state index in [2.05, 4.69) is 15.2 Å². The Morgan fingerprint density at radius 3 is 2.55 bits per heavy atom. The summed E-state index contributed by atoms with van der Waals surface area (Å²) in [5.74, 6) is -0.508. The molecule has 0 unspecified atom stereocenters. The lowest BCUT2D eigenvalue weighted by Crippen LogP contribution is -2.00. The van der Waals surface area contributed by atoms with E-state index in [9.17, 15) is 8.78 Å². The van der Waals surface area contributed by atoms with E-state index in [0.29, 0.717) is 17.0 Å². The van der Waals surface area contributed by atoms with E-state index in [1.807, 2.05) is 0 Å². The highest BCUT2D eigenvalue weighted by Gasteiger charge is 2.17. The van der Waals surface area contributed by atoms with Crippen molar-refractivity contribution in [3.8, 4) is 11.4 Å². The molecule has 0 spiro atoms. The molecule has 2 heterocycles. The third kappa shape index (κ3) is 1.92. The molecule has 0 amide bonds. The van der Waals surface area contributed by atoms with E-state index >= 15 is 0 Å². The van der Waals surface area contributed by atoms with E-state index < -0.39 is 11.6 Å². The first-order valence-electron chi connectivity index (χ1n) is 5.81. The van der Waals surface area contributed by atoms with Crippen LogP contribution >= 0.6 is 11.6 Å². The van der Waals surface area contributed by atoms with Gasteiger partial charge in [-0.1, -0.05) is 11.6 Å². The molecule has 102 valence electrons. The van der Waals surface area contributed by atoms with Crippen molar-refractivity contribution >= 4 is 17.2 Å². The maximum Gasteiger partial charge on any atom is 0.172 e. The molecule has 0 radical (unpaired) electrons. The first kappa shape index (κ1) is 12.9. The fourth-order valence-corrected chi connectivity index (χ4v) is 2.28. The Kier molecular flexibility index (Phi) is 2.90. The average Bonchev–Trinajstić information content (AvgIpc) is 2.77. The number of hydrogen-bond donors (Lipinski definition) is 0. The predicted octanol–water partition coefficient (Wildman–Crippen LogP) is 3.34. The van der Waals surface area contributed by atoms with Crippen LogP contribution in [0, 0.1) is 25.5 Å². The minimum atomic E-state index is -0.697. The number of halogens is 3. The molecule has 0 fully saturated rings. The van der Waals surface area contributed by atoms with Crippen LogP contribution in [0.25, 0.3) is 17.0 Å². The summed E-state index contributed by atoms with van der Waals surface area (Å²) in [4.78, 5) is 4.08. The minimum absolute atomic E-state index is 0.170. The SMILES string of the molecule is Cc1cc(-c2nnc3cc(Cl)nc(C)n23)c(F)cc1F. The molecule has 2 aromatic heterocycles. The Morgan fingerprint density at radius 1 is 1.05 bits per heavy atom. The molecule has 4 nitrogen and oxygen atoms in total. The highest BCUT2D eigenvalue weighted by atomic mass is 35.5. The molecule has 0 saturated heterocycles. The quantitative estimate of drug-likeness (QED) is 0.647. The van der Waals surface area contributed by atoms with Gasteiger partial charge in [0.05, 0.1) is 5.56 Å². The molecule has 0 atom stereocenters. The van der Waals surface area contributed by atoms with Gasteiger partial charge in [-0.3, -0.25) is 4.40 Å². The van der Waals surface area contributed by atoms with E-state index in [1.165, 1.54) is 12.1 Å². The van der Waals surface area contributed by atoms with Crippen LogP contribution in [0.1, 0.15) is 11.4 Å². The van der Waals surface area contributed by atoms with Crippen molar-refractivity contribution in [1.82, 2.24) is 19.6 Å². The lowest BCUT2D eigenvalue weighted by atomic mass is 10.1. The van der Waals surface area contributed by atoms with Gasteiger partial charge in [-0.2, -0.15) is 0 Å². The van der Waals surface area contributed by atoms with Crippen LogP contribution in [0.4, 0.5) is 8.78 Å². The summed E-state index contributed by atoms with van der Waals surface area (Å²) in [5.41, 5.74) is 0.959. The summed E-state index contributed by atoms with van der Waals surface area (Å²) in [7, 11) is 0. The Balaban J connectivity index is 2.33. The zero-order valence-corrected chi connectivity index (χ0v) is 11.4. The molecule has 0 N–H and O–H groups in total. The van der Waals surface area contributed by atoms with E-state index in [0.717, 1.165) is 6.07 Å². The highest BCUT2D eigenvalue weighted by molar-refractivity contribution is 6.29. The molecular formula is C13H9ClF2N4. The van der Waals surface area contributed by atoms with Crippen LogP contribution in [0.2, 0.25) is 5.15 Å². The summed E-state index contributed by atoms with van der Waals surface area (Å²) >= 11 is 5.84. The molecule has 0 aliphatic heterocycles. The van der Waals surface area contributed by atoms with Crippen LogP contribution in [-0.4, -0.2) is 19.6 Å². The van der Waals surface area contributed by atoms with Gasteiger partial charge >= 0.3 is 0 Å². The summed E-state index contributed by atoms with van der Waals surface area (Å²) in [5, 5.41) is 8.17. The second-order valence-corrected chi connectivity index (χ2v) is 4.81. The number of hydrogen-bond acceptors (Lipinski definition) is 3. The van der Waals surface area contributed by atoms with E-state index in [1.54, 1.807) is 18.2 Å². The summed E-state index contributed by atoms with van der Waals surface area (Å²) in [6.45, 7) is 3.27. The summed E-state index contributed by atoms with van der Waals surface area (Å²) < 4.78 is 28.9. The van der Waals surface area contributed by atoms with E-state index in [4.69, 9.17) is 11.6 Å². The zero-order chi connectivity index (χ0) is 14.4. The second kappa shape index (κ2) is 4.49. The van der Waals surface area contributed by atoms with Crippen LogP contribution < -0.4 is 0 Å². The first-order chi connectivity index (χ1) is 9.47. The number of aryl methyl sites for hydroxylation is 2. The maximum absolute atomic E-state index is 14.0. The van der Waals surface area contributed by atoms with Crippen molar-refractivity contribution < 1.29 is 8.78 Å². The number of fused-ring (bicyclic) bond motifs is 1. The number of aromatic nitrogens is 4. The number of benzene rings is 1. The number of rotatable bonds is 1. The van der Waals surface area contributed by atoms with Gasteiger partial charge in [0.2, 0.25) is 0 Å². The van der Waals surface area contributed by atoms with Crippen LogP contribution in [0.5, 0.6) is 0 Å². The Morgan fingerprint density at radius 2 is 1.80 bits per heavy atom. The maximum atomic E-state index is 14.0. The van der Waals surface area contributed by atoms with Crippen molar-refractivity contribution in [1.29, 1.82) is 0 Å². The monoisotopic (exact) mass is 294 g/mol. The molecule has 3 aromatic rings. The van der Waals surface area contributed by atoms with E-state index in [-0.39, 0.29) is 16.5 Å². The summed E-state index contributed by atoms with van der Waals surface area (Å²) in [6, 6.07) is 3.76. The molecule has 0 aliphatic carbocycles. The molecule has 0 saturated carbocycles. The minimum Gasteiger partial charge on any atom is -0.263 e. The van der Waals surface area contributed by atoms with Crippen molar-refractivity contribution in [3.63, 3.8) is 0 Å². The summed E-state index contributed by atoms with van der Waals surface area (Å²) in [6.07, 6.45) is 0. The van der Waals surface area contributed by atoms with Gasteiger partial charge in [-0.05, 0) is 25.5 Å². The Bertz CT molecular complexity index is 829. The number of nitrogens with zero attached hydrogens (tertiary/aromatic N) is 4. The second-order valence-electron chi connectivity index (χ2n) is 4.42. The van der Waals surface area contributed by atoms with Crippen molar-refractivity contribution in [2.75, 3.05) is 0 Å². The molecule has 7 heteroatoms. The highest BCUT2D eigenvalue weighted by Crippen LogP contribution is 2.25. The average molecular weight is 295 g/mol. The molecule has 0 bridgehead atoms. The van der Waals surface area contributed by atoms with Crippen molar-refractivity contribution in [3.05, 3.63) is 46.4 Å². The van der Waals surface area contributed by atoms with Crippen LogP contribution in [0.15, 0.2) is 18.2 Å². The normalized spacial score (nSPS) is 11.2. The topological polar surface area (TPSA) is 43.1 Å². The molecule has 3 rings (SSSR count). The van der Waals surface area contributed by atoms with Crippen molar-refractivity contribution in [2.45, 2.75) is 13.8 Å². The third-order valence-electron chi connectivity index (χ3n) is 3.02. The molecular weight excluding hydrogens is 286 g/mol. The van der Waals surface area contributed by atoms with Gasteiger partial charge in [0.25, 0.3) is 0 Å². The lowest BCUT2D eigenvalue weighted by Gasteiger charge is -2.06. The standard InChI is InChI=1S/C13H9ClF2N4/c1-6-3-8(10(16)4-9(6)15)13-19-18-12-5-11(14)17-7(2)20(12)13/h3-5H,1-2H3. The lowest BCUT2D eigenvalue weighted by molar-refractivity contribution is 0.578. The fraction of sp³-hybridized carbons (Fsp3) is 0.154. The van der Waals surface area contributed by atoms with Gasteiger partial charge in [-0.25, -0.2) is 13.8 Å². The van der Waals surface area contributed by atoms with Gasteiger partial charge in [0.15, 0.2) is 11.5 Å². The van der Waals surface area contributed by atoms with Gasteiger partial charge in [0.1, 0.15) is 22.6 Å². The van der Waals surface area contributed by atoms with Crippen molar-refractivity contribution in [2.24, 2.45) is 0 Å². The smallest absolute Gasteiger partial charge is 0.172 e. The zero-order valence-electron chi connectivity index (χ0n) is 10.7. The van der Waals surface area contributed by atoms with Gasteiger partial charge in [0, 0.05) is 12.1 Å². The Labute approximate surface area is 118 Å². The third-order valence-corrected chi connectivity index (χ3v) is 3.21. The predicted molar refractivity (Wildman–Crippen MR) is 70.6 cm³/mol. The van der Waals surface area contributed by atoms with Gasteiger partial charge < -0.3 is 0 Å². The molecule has 20 heavy (non-hydrogen) atoms. The van der Waals surface area contributed by atoms with Gasteiger partial charge in [-0.15, -0.1) is 10.2 Å². The van der Waals surface area contributed by atoms with Crippen LogP contribution in [-0.2, 0) is 0 Å². The Hall–Kier alpha value is -2.08.